The number of H-pyrrole nitrogens is 1. The number of carboxylic acids is 1. The normalized spacial score (nSPS) is 11.7. The summed E-state index contributed by atoms with van der Waals surface area (Å²) in [4.78, 5) is 54.0. The van der Waals surface area contributed by atoms with Crippen LogP contribution in [0, 0.1) is 5.82 Å². The van der Waals surface area contributed by atoms with Crippen molar-refractivity contribution in [1.82, 2.24) is 14.9 Å². The highest BCUT2D eigenvalue weighted by Crippen LogP contribution is 2.17. The number of nitrogens with zero attached hydrogens (tertiary/aromatic N) is 1. The highest BCUT2D eigenvalue weighted by atomic mass is 32.1. The van der Waals surface area contributed by atoms with Crippen LogP contribution in [0.4, 0.5) is 10.1 Å². The number of nitrogens with one attached hydrogen (secondary N) is 3. The van der Waals surface area contributed by atoms with Crippen molar-refractivity contribution in [3.63, 3.8) is 0 Å². The summed E-state index contributed by atoms with van der Waals surface area (Å²) in [6.45, 7) is 0.425. The molecule has 0 aliphatic carbocycles. The Morgan fingerprint density at radius 1 is 1.00 bits per heavy atom. The smallest absolute Gasteiger partial charge is 0.333 e. The topological polar surface area (TPSA) is 133 Å². The van der Waals surface area contributed by atoms with Crippen molar-refractivity contribution in [2.75, 3.05) is 5.32 Å². The fraction of sp³-hybridized carbons (Fsp3) is 0.103. The SMILES string of the molecule is O=C(NC(Cc1cccs1)C(=O)O)c1ccc(-n2c(=O)[nH]c3cc(NCc4ccc(F)cc4)ccc3c2=O)cc1. The van der Waals surface area contributed by atoms with Crippen molar-refractivity contribution in [3.05, 3.63) is 127 Å². The third-order valence-corrected chi connectivity index (χ3v) is 7.18. The van der Waals surface area contributed by atoms with Gasteiger partial charge in [0, 0.05) is 29.1 Å². The zero-order chi connectivity index (χ0) is 28.2. The fourth-order valence-corrected chi connectivity index (χ4v) is 4.95. The summed E-state index contributed by atoms with van der Waals surface area (Å²) in [6, 6.07) is 19.3. The highest BCUT2D eigenvalue weighted by Gasteiger charge is 2.22. The van der Waals surface area contributed by atoms with Gasteiger partial charge in [-0.2, -0.15) is 0 Å². The van der Waals surface area contributed by atoms with Gasteiger partial charge < -0.3 is 20.7 Å². The predicted molar refractivity (Wildman–Crippen MR) is 151 cm³/mol. The number of fused-ring (bicyclic) bond motifs is 1. The molecule has 202 valence electrons. The molecule has 0 spiro atoms. The van der Waals surface area contributed by atoms with Crippen LogP contribution in [0.25, 0.3) is 16.6 Å². The largest absolute Gasteiger partial charge is 0.480 e. The number of anilines is 1. The number of carboxylic acid groups (broad SMARTS) is 1. The number of carbonyl (C=O) groups excluding carboxylic acids is 1. The van der Waals surface area contributed by atoms with E-state index in [1.165, 1.54) is 47.7 Å². The molecule has 5 aromatic rings. The van der Waals surface area contributed by atoms with E-state index >= 15 is 0 Å². The second-order valence-electron chi connectivity index (χ2n) is 9.01. The molecular weight excluding hydrogens is 535 g/mol. The monoisotopic (exact) mass is 558 g/mol. The second-order valence-corrected chi connectivity index (χ2v) is 10.0. The van der Waals surface area contributed by atoms with Gasteiger partial charge in [-0.15, -0.1) is 11.3 Å². The molecule has 0 radical (unpaired) electrons. The molecule has 0 fully saturated rings. The van der Waals surface area contributed by atoms with Crippen molar-refractivity contribution in [3.8, 4) is 5.69 Å². The average molecular weight is 559 g/mol. The zero-order valence-electron chi connectivity index (χ0n) is 20.9. The molecule has 0 bridgehead atoms. The number of rotatable bonds is 9. The Hall–Kier alpha value is -5.03. The van der Waals surface area contributed by atoms with Crippen molar-refractivity contribution in [1.29, 1.82) is 0 Å². The molecule has 9 nitrogen and oxygen atoms in total. The number of hydrogen-bond acceptors (Lipinski definition) is 6. The first-order chi connectivity index (χ1) is 19.3. The summed E-state index contributed by atoms with van der Waals surface area (Å²) < 4.78 is 14.1. The number of amides is 1. The summed E-state index contributed by atoms with van der Waals surface area (Å²) in [6.07, 6.45) is 0.155. The molecule has 2 aromatic heterocycles. The Morgan fingerprint density at radius 3 is 2.42 bits per heavy atom. The lowest BCUT2D eigenvalue weighted by atomic mass is 10.1. The first kappa shape index (κ1) is 26.6. The van der Waals surface area contributed by atoms with Crippen LogP contribution in [0.5, 0.6) is 0 Å². The molecule has 4 N–H and O–H groups in total. The maximum Gasteiger partial charge on any atom is 0.333 e. The van der Waals surface area contributed by atoms with Crippen molar-refractivity contribution in [2.45, 2.75) is 19.0 Å². The van der Waals surface area contributed by atoms with E-state index in [0.29, 0.717) is 17.7 Å². The van der Waals surface area contributed by atoms with Crippen LogP contribution < -0.4 is 21.9 Å². The molecule has 0 aliphatic rings. The lowest BCUT2D eigenvalue weighted by Crippen LogP contribution is -2.42. The minimum absolute atomic E-state index is 0.155. The van der Waals surface area contributed by atoms with E-state index < -0.39 is 29.2 Å². The van der Waals surface area contributed by atoms with E-state index in [4.69, 9.17) is 0 Å². The molecule has 11 heteroatoms. The molecule has 0 aliphatic heterocycles. The number of thiophene rings is 1. The molecule has 5 rings (SSSR count). The number of aliphatic carboxylic acids is 1. The molecule has 1 amide bonds. The van der Waals surface area contributed by atoms with E-state index in [1.807, 2.05) is 11.4 Å². The van der Waals surface area contributed by atoms with Crippen LogP contribution in [-0.4, -0.2) is 32.6 Å². The maximum absolute atomic E-state index is 13.2. The van der Waals surface area contributed by atoms with Gasteiger partial charge in [-0.05, 0) is 71.6 Å². The van der Waals surface area contributed by atoms with Crippen LogP contribution in [0.2, 0.25) is 0 Å². The number of carbonyl (C=O) groups is 2. The Morgan fingerprint density at radius 2 is 1.75 bits per heavy atom. The van der Waals surface area contributed by atoms with Crippen LogP contribution in [-0.2, 0) is 17.8 Å². The average Bonchev–Trinajstić information content (AvgIpc) is 3.46. The maximum atomic E-state index is 13.2. The third-order valence-electron chi connectivity index (χ3n) is 6.28. The van der Waals surface area contributed by atoms with Gasteiger partial charge in [0.05, 0.1) is 16.6 Å². The van der Waals surface area contributed by atoms with Gasteiger partial charge >= 0.3 is 11.7 Å². The third kappa shape index (κ3) is 5.84. The van der Waals surface area contributed by atoms with E-state index in [1.54, 1.807) is 36.4 Å². The minimum atomic E-state index is -1.15. The first-order valence-electron chi connectivity index (χ1n) is 12.2. The highest BCUT2D eigenvalue weighted by molar-refractivity contribution is 7.09. The van der Waals surface area contributed by atoms with E-state index in [2.05, 4.69) is 15.6 Å². The van der Waals surface area contributed by atoms with Gasteiger partial charge in [0.1, 0.15) is 11.9 Å². The molecule has 1 atom stereocenters. The Balaban J connectivity index is 1.34. The van der Waals surface area contributed by atoms with E-state index in [9.17, 15) is 28.7 Å². The van der Waals surface area contributed by atoms with Crippen LogP contribution in [0.1, 0.15) is 20.8 Å². The van der Waals surface area contributed by atoms with E-state index in [-0.39, 0.29) is 28.9 Å². The van der Waals surface area contributed by atoms with Gasteiger partial charge in [0.15, 0.2) is 0 Å². The number of hydrogen-bond donors (Lipinski definition) is 4. The number of halogens is 1. The van der Waals surface area contributed by atoms with Crippen molar-refractivity contribution >= 4 is 39.8 Å². The minimum Gasteiger partial charge on any atom is -0.480 e. The van der Waals surface area contributed by atoms with Gasteiger partial charge in [-0.3, -0.25) is 9.59 Å². The summed E-state index contributed by atoms with van der Waals surface area (Å²) in [7, 11) is 0. The van der Waals surface area contributed by atoms with Gasteiger partial charge in [0.25, 0.3) is 11.5 Å². The number of aromatic nitrogens is 2. The first-order valence-corrected chi connectivity index (χ1v) is 13.1. The lowest BCUT2D eigenvalue weighted by Gasteiger charge is -2.14. The second kappa shape index (κ2) is 11.4. The molecule has 40 heavy (non-hydrogen) atoms. The molecule has 2 heterocycles. The molecule has 0 saturated heterocycles. The summed E-state index contributed by atoms with van der Waals surface area (Å²) in [5.41, 5.74) is 1.11. The van der Waals surface area contributed by atoms with Crippen molar-refractivity contribution in [2.24, 2.45) is 0 Å². The molecule has 3 aromatic carbocycles. The fourth-order valence-electron chi connectivity index (χ4n) is 4.20. The summed E-state index contributed by atoms with van der Waals surface area (Å²) in [5, 5.41) is 17.3. The van der Waals surface area contributed by atoms with Gasteiger partial charge in [0.2, 0.25) is 0 Å². The zero-order valence-corrected chi connectivity index (χ0v) is 21.7. The number of aromatic amines is 1. The predicted octanol–water partition coefficient (Wildman–Crippen LogP) is 3.92. The van der Waals surface area contributed by atoms with Crippen molar-refractivity contribution < 1.29 is 19.1 Å². The summed E-state index contributed by atoms with van der Waals surface area (Å²) in [5.74, 6) is -2.06. The lowest BCUT2D eigenvalue weighted by molar-refractivity contribution is -0.139. The van der Waals surface area contributed by atoms with Crippen LogP contribution in [0.3, 0.4) is 0 Å². The molecule has 0 saturated carbocycles. The van der Waals surface area contributed by atoms with Crippen LogP contribution >= 0.6 is 11.3 Å². The number of benzene rings is 3. The quantitative estimate of drug-likeness (QED) is 0.217. The molecule has 1 unspecified atom stereocenters. The Bertz CT molecular complexity index is 1800. The summed E-state index contributed by atoms with van der Waals surface area (Å²) >= 11 is 1.40. The van der Waals surface area contributed by atoms with E-state index in [0.717, 1.165) is 15.0 Å². The van der Waals surface area contributed by atoms with Gasteiger partial charge in [-0.25, -0.2) is 18.5 Å². The van der Waals surface area contributed by atoms with Crippen LogP contribution in [0.15, 0.2) is 93.8 Å². The Labute approximate surface area is 230 Å². The molecular formula is C29H23FN4O5S. The Kier molecular flexibility index (Phi) is 7.56. The standard InChI is InChI=1S/C29H23FN4O5S/c30-19-7-3-17(4-8-19)16-31-20-9-12-23-24(14-20)33-29(39)34(27(23)36)21-10-5-18(6-11-21)26(35)32-25(28(37)38)15-22-2-1-13-40-22/h1-14,25,31H,15-16H2,(H,32,35)(H,33,39)(H,37,38). The van der Waals surface area contributed by atoms with Gasteiger partial charge in [-0.1, -0.05) is 18.2 Å².